The fraction of sp³-hybridized carbons (Fsp3) is 0.133. The number of halogens is 2. The van der Waals surface area contributed by atoms with Crippen LogP contribution in [0.5, 0.6) is 0 Å². The Bertz CT molecular complexity index is 692. The van der Waals surface area contributed by atoms with Crippen molar-refractivity contribution >= 4 is 46.4 Å². The van der Waals surface area contributed by atoms with E-state index >= 15 is 0 Å². The van der Waals surface area contributed by atoms with E-state index in [2.05, 4.69) is 5.32 Å². The molecule has 0 saturated carbocycles. The Morgan fingerprint density at radius 1 is 1.05 bits per heavy atom. The highest BCUT2D eigenvalue weighted by atomic mass is 35.5. The predicted molar refractivity (Wildman–Crippen MR) is 90.4 cm³/mol. The molecule has 5 N–H and O–H groups in total. The van der Waals surface area contributed by atoms with Crippen LogP contribution in [0.2, 0.25) is 10.0 Å². The van der Waals surface area contributed by atoms with Gasteiger partial charge in [0.15, 0.2) is 0 Å². The summed E-state index contributed by atoms with van der Waals surface area (Å²) in [5.41, 5.74) is 13.6. The van der Waals surface area contributed by atoms with E-state index in [4.69, 9.17) is 39.4 Å². The van der Waals surface area contributed by atoms with Crippen molar-refractivity contribution in [3.05, 3.63) is 52.0 Å². The van der Waals surface area contributed by atoms with E-state index in [9.17, 15) is 4.79 Å². The number of nitrogens with one attached hydrogen (secondary N) is 1. The van der Waals surface area contributed by atoms with Gasteiger partial charge in [-0.2, -0.15) is 0 Å². The Hall–Kier alpha value is -2.11. The molecule has 0 bridgehead atoms. The monoisotopic (exact) mass is 339 g/mol. The highest BCUT2D eigenvalue weighted by Gasteiger charge is 2.08. The molecule has 0 atom stereocenters. The summed E-state index contributed by atoms with van der Waals surface area (Å²) in [5, 5.41) is 3.44. The molecule has 2 aromatic rings. The number of carbonyl (C=O) groups excluding carboxylic acids is 1. The molecule has 2 rings (SSSR count). The SMILES string of the molecule is Nc1ccc(CCOC(=O)Nc2ccc(N)cc2Cl)c(Cl)c1. The summed E-state index contributed by atoms with van der Waals surface area (Å²) in [6.07, 6.45) is -0.111. The van der Waals surface area contributed by atoms with Gasteiger partial charge in [0, 0.05) is 22.8 Å². The second-order valence-electron chi connectivity index (χ2n) is 4.60. The molecule has 0 aliphatic rings. The van der Waals surface area contributed by atoms with Crippen molar-refractivity contribution in [2.45, 2.75) is 6.42 Å². The molecule has 2 aromatic carbocycles. The van der Waals surface area contributed by atoms with Gasteiger partial charge in [0.05, 0.1) is 17.3 Å². The summed E-state index contributed by atoms with van der Waals surface area (Å²) in [6, 6.07) is 9.99. The lowest BCUT2D eigenvalue weighted by Crippen LogP contribution is -2.15. The quantitative estimate of drug-likeness (QED) is 0.735. The van der Waals surface area contributed by atoms with Crippen molar-refractivity contribution in [2.75, 3.05) is 23.4 Å². The van der Waals surface area contributed by atoms with E-state index in [1.54, 1.807) is 36.4 Å². The maximum Gasteiger partial charge on any atom is 0.411 e. The van der Waals surface area contributed by atoms with E-state index in [-0.39, 0.29) is 6.61 Å². The van der Waals surface area contributed by atoms with E-state index in [0.29, 0.717) is 33.5 Å². The van der Waals surface area contributed by atoms with Gasteiger partial charge in [0.1, 0.15) is 0 Å². The summed E-state index contributed by atoms with van der Waals surface area (Å²) < 4.78 is 5.09. The van der Waals surface area contributed by atoms with Crippen LogP contribution in [-0.2, 0) is 11.2 Å². The largest absolute Gasteiger partial charge is 0.449 e. The number of nitrogen functional groups attached to an aromatic ring is 2. The van der Waals surface area contributed by atoms with Crippen molar-refractivity contribution in [3.8, 4) is 0 Å². The molecule has 0 spiro atoms. The molecule has 0 aromatic heterocycles. The molecule has 0 aliphatic carbocycles. The molecule has 0 saturated heterocycles. The number of benzene rings is 2. The summed E-state index contributed by atoms with van der Waals surface area (Å²) in [6.45, 7) is 0.183. The zero-order valence-corrected chi connectivity index (χ0v) is 13.1. The maximum absolute atomic E-state index is 11.7. The van der Waals surface area contributed by atoms with Gasteiger partial charge in [-0.25, -0.2) is 4.79 Å². The average Bonchev–Trinajstić information content (AvgIpc) is 2.44. The summed E-state index contributed by atoms with van der Waals surface area (Å²) in [7, 11) is 0. The minimum absolute atomic E-state index is 0.183. The number of hydrogen-bond acceptors (Lipinski definition) is 4. The summed E-state index contributed by atoms with van der Waals surface area (Å²) in [5.74, 6) is 0. The molecule has 0 heterocycles. The van der Waals surface area contributed by atoms with Crippen LogP contribution in [0.4, 0.5) is 21.9 Å². The van der Waals surface area contributed by atoms with Crippen LogP contribution in [0, 0.1) is 0 Å². The Morgan fingerprint density at radius 2 is 1.68 bits per heavy atom. The summed E-state index contributed by atoms with van der Waals surface area (Å²) in [4.78, 5) is 11.7. The third-order valence-corrected chi connectivity index (χ3v) is 3.58. The van der Waals surface area contributed by atoms with Crippen molar-refractivity contribution in [3.63, 3.8) is 0 Å². The van der Waals surface area contributed by atoms with Crippen molar-refractivity contribution < 1.29 is 9.53 Å². The number of anilines is 3. The lowest BCUT2D eigenvalue weighted by Gasteiger charge is -2.09. The zero-order valence-electron chi connectivity index (χ0n) is 11.6. The molecule has 0 unspecified atom stereocenters. The summed E-state index contributed by atoms with van der Waals surface area (Å²) >= 11 is 12.0. The van der Waals surface area contributed by atoms with Gasteiger partial charge in [0.2, 0.25) is 0 Å². The molecule has 7 heteroatoms. The lowest BCUT2D eigenvalue weighted by atomic mass is 10.1. The molecular formula is C15H15Cl2N3O2. The third kappa shape index (κ3) is 4.44. The van der Waals surface area contributed by atoms with Gasteiger partial charge in [-0.3, -0.25) is 5.32 Å². The second-order valence-corrected chi connectivity index (χ2v) is 5.42. The van der Waals surface area contributed by atoms with E-state index < -0.39 is 6.09 Å². The van der Waals surface area contributed by atoms with Crippen LogP contribution in [0.25, 0.3) is 0 Å². The topological polar surface area (TPSA) is 90.4 Å². The van der Waals surface area contributed by atoms with Crippen molar-refractivity contribution in [1.82, 2.24) is 0 Å². The highest BCUT2D eigenvalue weighted by Crippen LogP contribution is 2.24. The first-order valence-electron chi connectivity index (χ1n) is 6.48. The van der Waals surface area contributed by atoms with Gasteiger partial charge in [-0.05, 0) is 35.9 Å². The lowest BCUT2D eigenvalue weighted by molar-refractivity contribution is 0.163. The number of nitrogens with two attached hydrogens (primary N) is 2. The molecule has 0 radical (unpaired) electrons. The highest BCUT2D eigenvalue weighted by molar-refractivity contribution is 6.34. The Labute approximate surface area is 138 Å². The minimum atomic E-state index is -0.599. The van der Waals surface area contributed by atoms with Crippen LogP contribution < -0.4 is 16.8 Å². The average molecular weight is 340 g/mol. The first-order valence-corrected chi connectivity index (χ1v) is 7.24. The zero-order chi connectivity index (χ0) is 16.1. The van der Waals surface area contributed by atoms with Crippen LogP contribution in [-0.4, -0.2) is 12.7 Å². The van der Waals surface area contributed by atoms with Gasteiger partial charge >= 0.3 is 6.09 Å². The molecule has 22 heavy (non-hydrogen) atoms. The first kappa shape index (κ1) is 16.3. The van der Waals surface area contributed by atoms with E-state index in [0.717, 1.165) is 5.56 Å². The van der Waals surface area contributed by atoms with E-state index in [1.807, 2.05) is 0 Å². The van der Waals surface area contributed by atoms with Crippen LogP contribution in [0.15, 0.2) is 36.4 Å². The second kappa shape index (κ2) is 7.24. The van der Waals surface area contributed by atoms with Crippen LogP contribution >= 0.6 is 23.2 Å². The Morgan fingerprint density at radius 3 is 2.32 bits per heavy atom. The fourth-order valence-electron chi connectivity index (χ4n) is 1.80. The van der Waals surface area contributed by atoms with Crippen LogP contribution in [0.3, 0.4) is 0 Å². The molecule has 116 valence electrons. The van der Waals surface area contributed by atoms with Gasteiger partial charge in [-0.1, -0.05) is 29.3 Å². The number of ether oxygens (including phenoxy) is 1. The first-order chi connectivity index (χ1) is 10.5. The predicted octanol–water partition coefficient (Wildman–Crippen LogP) is 3.95. The van der Waals surface area contributed by atoms with Gasteiger partial charge < -0.3 is 16.2 Å². The Kier molecular flexibility index (Phi) is 5.35. The van der Waals surface area contributed by atoms with E-state index in [1.165, 1.54) is 0 Å². The molecule has 1 amide bonds. The normalized spacial score (nSPS) is 10.3. The molecule has 5 nitrogen and oxygen atoms in total. The fourth-order valence-corrected chi connectivity index (χ4v) is 2.32. The molecule has 0 aliphatic heterocycles. The maximum atomic E-state index is 11.7. The third-order valence-electron chi connectivity index (χ3n) is 2.91. The van der Waals surface area contributed by atoms with Crippen LogP contribution in [0.1, 0.15) is 5.56 Å². The standard InChI is InChI=1S/C15H15Cl2N3O2/c16-12-7-10(18)2-1-9(12)5-6-22-15(21)20-14-4-3-11(19)8-13(14)17/h1-4,7-8H,5-6,18-19H2,(H,20,21). The van der Waals surface area contributed by atoms with Crippen molar-refractivity contribution in [2.24, 2.45) is 0 Å². The number of amides is 1. The smallest absolute Gasteiger partial charge is 0.411 e. The number of rotatable bonds is 4. The van der Waals surface area contributed by atoms with Crippen molar-refractivity contribution in [1.29, 1.82) is 0 Å². The van der Waals surface area contributed by atoms with Gasteiger partial charge in [0.25, 0.3) is 0 Å². The minimum Gasteiger partial charge on any atom is -0.449 e. The molecular weight excluding hydrogens is 325 g/mol. The number of carbonyl (C=O) groups is 1. The molecule has 0 fully saturated rings. The Balaban J connectivity index is 1.85. The number of hydrogen-bond donors (Lipinski definition) is 3. The van der Waals surface area contributed by atoms with Gasteiger partial charge in [-0.15, -0.1) is 0 Å².